The normalized spacial score (nSPS) is 9.08. The first kappa shape index (κ1) is 12.2. The van der Waals surface area contributed by atoms with Crippen LogP contribution in [-0.4, -0.2) is 17.3 Å². The van der Waals surface area contributed by atoms with Gasteiger partial charge in [0.2, 0.25) is 0 Å². The van der Waals surface area contributed by atoms with Crippen LogP contribution in [0.4, 0.5) is 0 Å². The average Bonchev–Trinajstić information content (AvgIpc) is 2.07. The largest absolute Gasteiger partial charge is 0.312 e. The molecule has 12 heavy (non-hydrogen) atoms. The molecule has 0 fully saturated rings. The SMILES string of the molecule is I.SCCNCc1cccnc1. The van der Waals surface area contributed by atoms with Gasteiger partial charge in [0, 0.05) is 31.2 Å². The Kier molecular flexibility index (Phi) is 7.94. The summed E-state index contributed by atoms with van der Waals surface area (Å²) in [4.78, 5) is 4.00. The maximum atomic E-state index is 4.09. The van der Waals surface area contributed by atoms with E-state index < -0.39 is 0 Å². The molecule has 0 aliphatic heterocycles. The van der Waals surface area contributed by atoms with Crippen molar-refractivity contribution in [3.05, 3.63) is 30.1 Å². The van der Waals surface area contributed by atoms with Gasteiger partial charge >= 0.3 is 0 Å². The van der Waals surface area contributed by atoms with Gasteiger partial charge in [0.05, 0.1) is 0 Å². The minimum absolute atomic E-state index is 0. The van der Waals surface area contributed by atoms with Crippen LogP contribution in [-0.2, 0) is 6.54 Å². The first-order valence-electron chi connectivity index (χ1n) is 3.64. The first-order chi connectivity index (χ1) is 5.43. The fraction of sp³-hybridized carbons (Fsp3) is 0.375. The van der Waals surface area contributed by atoms with Crippen LogP contribution in [0.3, 0.4) is 0 Å². The van der Waals surface area contributed by atoms with E-state index in [0.29, 0.717) is 0 Å². The smallest absolute Gasteiger partial charge is 0.0312 e. The lowest BCUT2D eigenvalue weighted by molar-refractivity contribution is 0.730. The van der Waals surface area contributed by atoms with Crippen LogP contribution in [0.2, 0.25) is 0 Å². The van der Waals surface area contributed by atoms with Gasteiger partial charge in [-0.05, 0) is 11.6 Å². The van der Waals surface area contributed by atoms with E-state index in [-0.39, 0.29) is 24.0 Å². The molecule has 0 saturated carbocycles. The summed E-state index contributed by atoms with van der Waals surface area (Å²) in [7, 11) is 0. The maximum Gasteiger partial charge on any atom is 0.0312 e. The second-order valence-electron chi connectivity index (χ2n) is 2.26. The van der Waals surface area contributed by atoms with Gasteiger partial charge in [-0.15, -0.1) is 24.0 Å². The Morgan fingerprint density at radius 1 is 1.50 bits per heavy atom. The molecule has 0 atom stereocenters. The van der Waals surface area contributed by atoms with Gasteiger partial charge in [-0.2, -0.15) is 12.6 Å². The Hall–Kier alpha value is 0.190. The van der Waals surface area contributed by atoms with E-state index in [1.165, 1.54) is 5.56 Å². The second-order valence-corrected chi connectivity index (χ2v) is 2.71. The molecule has 1 aromatic heterocycles. The van der Waals surface area contributed by atoms with E-state index >= 15 is 0 Å². The minimum Gasteiger partial charge on any atom is -0.312 e. The molecule has 1 rings (SSSR count). The Balaban J connectivity index is 0.00000121. The molecule has 0 aromatic carbocycles. The molecule has 0 bridgehead atoms. The molecular formula is C8H13IN2S. The van der Waals surface area contributed by atoms with Crippen LogP contribution in [0.25, 0.3) is 0 Å². The van der Waals surface area contributed by atoms with Crippen LogP contribution in [0, 0.1) is 0 Å². The topological polar surface area (TPSA) is 24.9 Å². The van der Waals surface area contributed by atoms with Crippen LogP contribution < -0.4 is 5.32 Å². The zero-order valence-electron chi connectivity index (χ0n) is 6.73. The Labute approximate surface area is 95.6 Å². The second kappa shape index (κ2) is 7.82. The Morgan fingerprint density at radius 3 is 2.92 bits per heavy atom. The van der Waals surface area contributed by atoms with E-state index in [2.05, 4.69) is 29.0 Å². The van der Waals surface area contributed by atoms with Gasteiger partial charge in [-0.1, -0.05) is 6.07 Å². The van der Waals surface area contributed by atoms with E-state index in [1.54, 1.807) is 6.20 Å². The van der Waals surface area contributed by atoms with E-state index in [4.69, 9.17) is 0 Å². The van der Waals surface area contributed by atoms with Crippen LogP contribution >= 0.6 is 36.6 Å². The Morgan fingerprint density at radius 2 is 2.33 bits per heavy atom. The molecule has 68 valence electrons. The zero-order valence-corrected chi connectivity index (χ0v) is 9.96. The molecule has 0 unspecified atom stereocenters. The van der Waals surface area contributed by atoms with Crippen molar-refractivity contribution in [1.29, 1.82) is 0 Å². The third-order valence-electron chi connectivity index (χ3n) is 1.34. The van der Waals surface area contributed by atoms with Crippen molar-refractivity contribution in [3.63, 3.8) is 0 Å². The molecule has 4 heteroatoms. The molecule has 1 heterocycles. The fourth-order valence-corrected chi connectivity index (χ4v) is 0.973. The standard InChI is InChI=1S/C8H12N2S.HI/c11-5-4-10-7-8-2-1-3-9-6-8;/h1-3,6,10-11H,4-5,7H2;1H. The van der Waals surface area contributed by atoms with Gasteiger partial charge in [-0.25, -0.2) is 0 Å². The average molecular weight is 296 g/mol. The fourth-order valence-electron chi connectivity index (χ4n) is 0.814. The summed E-state index contributed by atoms with van der Waals surface area (Å²) in [5.41, 5.74) is 1.22. The van der Waals surface area contributed by atoms with E-state index in [9.17, 15) is 0 Å². The van der Waals surface area contributed by atoms with Crippen LogP contribution in [0.5, 0.6) is 0 Å². The molecule has 2 nitrogen and oxygen atoms in total. The summed E-state index contributed by atoms with van der Waals surface area (Å²) < 4.78 is 0. The predicted octanol–water partition coefficient (Wildman–Crippen LogP) is 1.72. The first-order valence-corrected chi connectivity index (χ1v) is 4.27. The molecule has 0 aliphatic carbocycles. The van der Waals surface area contributed by atoms with E-state index in [1.807, 2.05) is 12.3 Å². The molecule has 0 amide bonds. The molecule has 1 aromatic rings. The van der Waals surface area contributed by atoms with Gasteiger partial charge in [0.15, 0.2) is 0 Å². The lowest BCUT2D eigenvalue weighted by atomic mass is 10.3. The van der Waals surface area contributed by atoms with Crippen molar-refractivity contribution in [2.24, 2.45) is 0 Å². The van der Waals surface area contributed by atoms with Gasteiger partial charge in [0.1, 0.15) is 0 Å². The third-order valence-corrected chi connectivity index (χ3v) is 1.56. The lowest BCUT2D eigenvalue weighted by Crippen LogP contribution is -2.15. The molecule has 0 aliphatic rings. The number of nitrogens with one attached hydrogen (secondary N) is 1. The predicted molar refractivity (Wildman–Crippen MR) is 65.2 cm³/mol. The molecule has 0 saturated heterocycles. The highest BCUT2D eigenvalue weighted by atomic mass is 127. The monoisotopic (exact) mass is 296 g/mol. The van der Waals surface area contributed by atoms with Crippen molar-refractivity contribution in [2.45, 2.75) is 6.54 Å². The number of thiol groups is 1. The molecule has 0 spiro atoms. The van der Waals surface area contributed by atoms with Crippen molar-refractivity contribution in [1.82, 2.24) is 10.3 Å². The number of hydrogen-bond donors (Lipinski definition) is 2. The third kappa shape index (κ3) is 4.95. The molecule has 1 N–H and O–H groups in total. The number of nitrogens with zero attached hydrogens (tertiary/aromatic N) is 1. The summed E-state index contributed by atoms with van der Waals surface area (Å²) >= 11 is 4.09. The number of pyridine rings is 1. The van der Waals surface area contributed by atoms with Crippen molar-refractivity contribution in [2.75, 3.05) is 12.3 Å². The van der Waals surface area contributed by atoms with Crippen molar-refractivity contribution >= 4 is 36.6 Å². The van der Waals surface area contributed by atoms with Crippen LogP contribution in [0.1, 0.15) is 5.56 Å². The zero-order chi connectivity index (χ0) is 7.94. The molecule has 0 radical (unpaired) electrons. The number of aromatic nitrogens is 1. The number of hydrogen-bond acceptors (Lipinski definition) is 3. The highest BCUT2D eigenvalue weighted by Gasteiger charge is 1.88. The highest BCUT2D eigenvalue weighted by molar-refractivity contribution is 14.0. The summed E-state index contributed by atoms with van der Waals surface area (Å²) in [5.74, 6) is 0.875. The quantitative estimate of drug-likeness (QED) is 0.502. The van der Waals surface area contributed by atoms with Crippen molar-refractivity contribution < 1.29 is 0 Å². The van der Waals surface area contributed by atoms with Gasteiger partial charge in [-0.3, -0.25) is 4.98 Å². The number of rotatable bonds is 4. The summed E-state index contributed by atoms with van der Waals surface area (Å²) in [6.45, 7) is 1.83. The Bertz CT molecular complexity index is 194. The maximum absolute atomic E-state index is 4.09. The van der Waals surface area contributed by atoms with Crippen LogP contribution in [0.15, 0.2) is 24.5 Å². The van der Waals surface area contributed by atoms with E-state index in [0.717, 1.165) is 18.8 Å². The van der Waals surface area contributed by atoms with Crippen molar-refractivity contribution in [3.8, 4) is 0 Å². The minimum atomic E-state index is 0. The molecular weight excluding hydrogens is 283 g/mol. The van der Waals surface area contributed by atoms with Gasteiger partial charge in [0.25, 0.3) is 0 Å². The lowest BCUT2D eigenvalue weighted by Gasteiger charge is -2.00. The summed E-state index contributed by atoms with van der Waals surface area (Å²) in [6, 6.07) is 4.00. The highest BCUT2D eigenvalue weighted by Crippen LogP contribution is 1.93. The summed E-state index contributed by atoms with van der Waals surface area (Å²) in [6.07, 6.45) is 3.65. The number of halogens is 1. The summed E-state index contributed by atoms with van der Waals surface area (Å²) in [5, 5.41) is 3.23. The van der Waals surface area contributed by atoms with Gasteiger partial charge < -0.3 is 5.32 Å².